The summed E-state index contributed by atoms with van der Waals surface area (Å²) in [6.45, 7) is -1.20. The molecule has 0 aliphatic carbocycles. The Labute approximate surface area is 169 Å². The van der Waals surface area contributed by atoms with E-state index in [0.29, 0.717) is 10.8 Å². The third kappa shape index (κ3) is 6.64. The Hall–Kier alpha value is -0.710. The molecule has 0 radical (unpaired) electrons. The molecular formula is C9H13F2N2O13P3S. The number of phosphoric ester groups is 1. The van der Waals surface area contributed by atoms with Crippen LogP contribution in [0.5, 0.6) is 0 Å². The first-order chi connectivity index (χ1) is 13.5. The first kappa shape index (κ1) is 25.5. The molecule has 21 heteroatoms. The quantitative estimate of drug-likeness (QED) is 0.196. The van der Waals surface area contributed by atoms with Crippen molar-refractivity contribution < 1.29 is 65.0 Å². The fraction of sp³-hybridized carbons (Fsp3) is 0.556. The topological polar surface area (TPSA) is 227 Å². The Morgan fingerprint density at radius 2 is 1.80 bits per heavy atom. The van der Waals surface area contributed by atoms with Gasteiger partial charge in [0.05, 0.1) is 12.8 Å². The molecule has 1 saturated heterocycles. The highest BCUT2D eigenvalue weighted by molar-refractivity contribution is 7.71. The molecule has 0 bridgehead atoms. The molecule has 30 heavy (non-hydrogen) atoms. The normalized spacial score (nSPS) is 28.8. The number of H-pyrrole nitrogens is 1. The molecule has 1 aromatic rings. The van der Waals surface area contributed by atoms with Gasteiger partial charge in [0.15, 0.2) is 17.2 Å². The summed E-state index contributed by atoms with van der Waals surface area (Å²) in [7, 11) is -16.9. The van der Waals surface area contributed by atoms with Crippen molar-refractivity contribution in [3.63, 3.8) is 0 Å². The highest BCUT2D eigenvalue weighted by atomic mass is 32.1. The lowest BCUT2D eigenvalue weighted by Crippen LogP contribution is -2.30. The summed E-state index contributed by atoms with van der Waals surface area (Å²) in [5.41, 5.74) is -1.19. The minimum absolute atomic E-state index is 0.453. The molecule has 1 fully saturated rings. The second kappa shape index (κ2) is 9.03. The second-order valence-electron chi connectivity index (χ2n) is 5.53. The van der Waals surface area contributed by atoms with Crippen LogP contribution in [-0.2, 0) is 31.6 Å². The predicted octanol–water partition coefficient (Wildman–Crippen LogP) is -0.0153. The van der Waals surface area contributed by atoms with Gasteiger partial charge in [-0.1, -0.05) is 0 Å². The lowest BCUT2D eigenvalue weighted by molar-refractivity contribution is -0.0525. The van der Waals surface area contributed by atoms with Gasteiger partial charge in [-0.15, -0.1) is 0 Å². The van der Waals surface area contributed by atoms with E-state index < -0.39 is 70.8 Å². The fourth-order valence-electron chi connectivity index (χ4n) is 2.19. The lowest BCUT2D eigenvalue weighted by atomic mass is 10.1. The van der Waals surface area contributed by atoms with Crippen molar-refractivity contribution >= 4 is 35.7 Å². The average molecular weight is 520 g/mol. The number of halogens is 2. The van der Waals surface area contributed by atoms with Crippen molar-refractivity contribution in [1.29, 1.82) is 0 Å². The van der Waals surface area contributed by atoms with E-state index in [4.69, 9.17) is 31.6 Å². The van der Waals surface area contributed by atoms with Crippen molar-refractivity contribution in [2.45, 2.75) is 24.6 Å². The molecule has 0 saturated carbocycles. The summed E-state index contributed by atoms with van der Waals surface area (Å²) in [5.74, 6) is -1.34. The maximum atomic E-state index is 14.3. The summed E-state index contributed by atoms with van der Waals surface area (Å²) in [6.07, 6.45) is -7.34. The van der Waals surface area contributed by atoms with Crippen LogP contribution in [0.4, 0.5) is 8.78 Å². The van der Waals surface area contributed by atoms with Crippen molar-refractivity contribution in [1.82, 2.24) is 9.55 Å². The molecule has 0 aromatic carbocycles. The molecule has 2 rings (SSSR count). The molecule has 0 amide bonds. The summed E-state index contributed by atoms with van der Waals surface area (Å²) < 4.78 is 77.5. The van der Waals surface area contributed by atoms with Gasteiger partial charge in [-0.2, -0.15) is 13.0 Å². The van der Waals surface area contributed by atoms with Gasteiger partial charge in [0, 0.05) is 0 Å². The molecule has 172 valence electrons. The summed E-state index contributed by atoms with van der Waals surface area (Å²) in [6, 6.07) is 0. The number of hydrogen-bond donors (Lipinski definition) is 6. The van der Waals surface area contributed by atoms with Gasteiger partial charge in [-0.25, -0.2) is 18.1 Å². The zero-order chi connectivity index (χ0) is 23.1. The first-order valence-electron chi connectivity index (χ1n) is 7.28. The van der Waals surface area contributed by atoms with Gasteiger partial charge in [-0.05, 0) is 12.2 Å². The molecule has 6 N–H and O–H groups in total. The van der Waals surface area contributed by atoms with Crippen LogP contribution in [0.3, 0.4) is 0 Å². The number of ether oxygens (including phenoxy) is 1. The van der Waals surface area contributed by atoms with Crippen molar-refractivity contribution in [3.8, 4) is 0 Å². The number of nitrogens with zero attached hydrogens (tertiary/aromatic N) is 1. The monoisotopic (exact) mass is 520 g/mol. The highest BCUT2D eigenvalue weighted by Crippen LogP contribution is 2.66. The second-order valence-corrected chi connectivity index (χ2v) is 10.3. The number of alkyl halides is 1. The molecule has 2 heterocycles. The van der Waals surface area contributed by atoms with E-state index in [1.54, 1.807) is 0 Å². The predicted molar refractivity (Wildman–Crippen MR) is 90.5 cm³/mol. The van der Waals surface area contributed by atoms with Gasteiger partial charge < -0.3 is 29.4 Å². The summed E-state index contributed by atoms with van der Waals surface area (Å²) in [5, 5.41) is 9.92. The van der Waals surface area contributed by atoms with E-state index in [1.165, 1.54) is 0 Å². The number of aliphatic hydroxyl groups excluding tert-OH is 1. The van der Waals surface area contributed by atoms with Crippen LogP contribution in [0, 0.1) is 10.6 Å². The third-order valence-electron chi connectivity index (χ3n) is 3.30. The van der Waals surface area contributed by atoms with Crippen molar-refractivity contribution in [2.24, 2.45) is 0 Å². The number of aliphatic hydroxyl groups is 1. The van der Waals surface area contributed by atoms with Gasteiger partial charge in [0.25, 0.3) is 5.56 Å². The molecule has 6 atom stereocenters. The van der Waals surface area contributed by atoms with E-state index in [9.17, 15) is 37.3 Å². The SMILES string of the molecule is O=c1[nH]c(=S)n([C@@H]2O[C@H](COP(=O)(O)OP(=O)(O)OP(=O)(O)O)[C@H](F)C2O)cc1F. The fourth-order valence-corrected chi connectivity index (χ4v) is 5.47. The average Bonchev–Trinajstić information content (AvgIpc) is 2.81. The zero-order valence-corrected chi connectivity index (χ0v) is 17.5. The minimum Gasteiger partial charge on any atom is -0.385 e. The first-order valence-corrected chi connectivity index (χ1v) is 12.2. The van der Waals surface area contributed by atoms with E-state index in [1.807, 2.05) is 4.98 Å². The molecule has 1 aliphatic heterocycles. The maximum absolute atomic E-state index is 14.3. The Bertz CT molecular complexity index is 1060. The van der Waals surface area contributed by atoms with Crippen LogP contribution in [0.2, 0.25) is 0 Å². The number of hydrogen-bond acceptors (Lipinski definition) is 10. The number of aromatic nitrogens is 2. The molecule has 3 unspecified atom stereocenters. The largest absolute Gasteiger partial charge is 0.490 e. The number of aromatic amines is 1. The zero-order valence-electron chi connectivity index (χ0n) is 14.0. The molecule has 1 aliphatic rings. The maximum Gasteiger partial charge on any atom is 0.490 e. The Morgan fingerprint density at radius 3 is 2.37 bits per heavy atom. The van der Waals surface area contributed by atoms with Crippen LogP contribution in [0.15, 0.2) is 11.0 Å². The number of rotatable bonds is 8. The smallest absolute Gasteiger partial charge is 0.385 e. The van der Waals surface area contributed by atoms with E-state index >= 15 is 0 Å². The van der Waals surface area contributed by atoms with Crippen LogP contribution in [0.25, 0.3) is 0 Å². The van der Waals surface area contributed by atoms with Crippen LogP contribution < -0.4 is 5.56 Å². The van der Waals surface area contributed by atoms with Gasteiger partial charge in [0.1, 0.15) is 12.2 Å². The highest BCUT2D eigenvalue weighted by Gasteiger charge is 2.47. The molecular weight excluding hydrogens is 507 g/mol. The Kier molecular flexibility index (Phi) is 7.69. The van der Waals surface area contributed by atoms with Crippen LogP contribution in [0.1, 0.15) is 6.23 Å². The van der Waals surface area contributed by atoms with Crippen molar-refractivity contribution in [3.05, 3.63) is 27.1 Å². The Balaban J connectivity index is 2.09. The molecule has 15 nitrogen and oxygen atoms in total. The lowest BCUT2D eigenvalue weighted by Gasteiger charge is -2.19. The minimum atomic E-state index is -5.78. The van der Waals surface area contributed by atoms with Crippen molar-refractivity contribution in [2.75, 3.05) is 6.61 Å². The summed E-state index contributed by atoms with van der Waals surface area (Å²) in [4.78, 5) is 48.3. The Morgan fingerprint density at radius 1 is 1.20 bits per heavy atom. The van der Waals surface area contributed by atoms with E-state index in [2.05, 4.69) is 13.1 Å². The van der Waals surface area contributed by atoms with E-state index in [-0.39, 0.29) is 0 Å². The van der Waals surface area contributed by atoms with Gasteiger partial charge in [0.2, 0.25) is 5.82 Å². The number of nitrogens with one attached hydrogen (secondary N) is 1. The van der Waals surface area contributed by atoms with Crippen LogP contribution >= 0.6 is 35.7 Å². The van der Waals surface area contributed by atoms with Gasteiger partial charge >= 0.3 is 23.5 Å². The molecule has 0 spiro atoms. The molecule has 1 aromatic heterocycles. The number of phosphoric acid groups is 3. The third-order valence-corrected chi connectivity index (χ3v) is 7.42. The van der Waals surface area contributed by atoms with Crippen LogP contribution in [-0.4, -0.2) is 59.2 Å². The summed E-state index contributed by atoms with van der Waals surface area (Å²) >= 11 is 4.75. The standard InChI is InChI=1S/C9H13F2N2O13P3S/c10-3-1-13(9(30)12-7(3)15)8-6(14)5(11)4(24-8)2-23-28(19,20)26-29(21,22)25-27(16,17)18/h1,4-6,8,14H,2H2,(H,19,20)(H,21,22)(H,12,15,30)(H2,16,17,18)/t4-,5+,6?,8-/m1/s1. The van der Waals surface area contributed by atoms with Gasteiger partial charge in [-0.3, -0.25) is 18.9 Å². The van der Waals surface area contributed by atoms with E-state index in [0.717, 1.165) is 0 Å².